The highest BCUT2D eigenvalue weighted by Gasteiger charge is 2.14. The van der Waals surface area contributed by atoms with E-state index in [1.54, 1.807) is 24.3 Å². The Morgan fingerprint density at radius 1 is 1.03 bits per heavy atom. The van der Waals surface area contributed by atoms with Crippen molar-refractivity contribution in [2.75, 3.05) is 0 Å². The van der Waals surface area contributed by atoms with Crippen LogP contribution >= 0.6 is 15.9 Å². The molecule has 0 unspecified atom stereocenters. The molecule has 0 N–H and O–H groups in total. The quantitative estimate of drug-likeness (QED) is 0.337. The van der Waals surface area contributed by atoms with Crippen molar-refractivity contribution in [3.8, 4) is 17.1 Å². The van der Waals surface area contributed by atoms with Gasteiger partial charge in [-0.3, -0.25) is 0 Å². The second-order valence-electron chi connectivity index (χ2n) is 6.71. The molecule has 2 aromatic carbocycles. The molecular weight excluding hydrogens is 466 g/mol. The second-order valence-corrected chi connectivity index (χ2v) is 7.63. The summed E-state index contributed by atoms with van der Waals surface area (Å²) in [5.74, 6) is 1.48. The number of aryl methyl sites for hydroxylation is 2. The Kier molecular flexibility index (Phi) is 6.13. The van der Waals surface area contributed by atoms with E-state index in [1.165, 1.54) is 0 Å². The maximum Gasteiger partial charge on any atom is 0.338 e. The van der Waals surface area contributed by atoms with Crippen LogP contribution in [0, 0.1) is 13.8 Å². The lowest BCUT2D eigenvalue weighted by molar-refractivity contribution is 0.0430. The normalized spacial score (nSPS) is 10.8. The zero-order valence-electron chi connectivity index (χ0n) is 16.8. The van der Waals surface area contributed by atoms with Gasteiger partial charge < -0.3 is 18.5 Å². The molecule has 0 atom stereocenters. The van der Waals surface area contributed by atoms with Crippen molar-refractivity contribution in [1.82, 2.24) is 15.3 Å². The average Bonchev–Trinajstić information content (AvgIpc) is 3.37. The smallest absolute Gasteiger partial charge is 0.338 e. The van der Waals surface area contributed by atoms with Crippen molar-refractivity contribution in [3.63, 3.8) is 0 Å². The van der Waals surface area contributed by atoms with Gasteiger partial charge in [-0.1, -0.05) is 38.4 Å². The fourth-order valence-electron chi connectivity index (χ4n) is 2.82. The number of benzene rings is 2. The van der Waals surface area contributed by atoms with Crippen LogP contribution in [0.5, 0.6) is 5.75 Å². The molecule has 8 nitrogen and oxygen atoms in total. The van der Waals surface area contributed by atoms with Crippen LogP contribution in [0.2, 0.25) is 0 Å². The lowest BCUT2D eigenvalue weighted by Crippen LogP contribution is -2.05. The highest BCUT2D eigenvalue weighted by atomic mass is 79.9. The van der Waals surface area contributed by atoms with E-state index in [1.807, 2.05) is 38.1 Å². The highest BCUT2D eigenvalue weighted by Crippen LogP contribution is 2.21. The van der Waals surface area contributed by atoms with Crippen LogP contribution in [-0.4, -0.2) is 21.3 Å². The maximum atomic E-state index is 12.3. The number of carbonyl (C=O) groups excluding carboxylic acids is 1. The van der Waals surface area contributed by atoms with E-state index in [4.69, 9.17) is 18.5 Å². The second kappa shape index (κ2) is 9.13. The molecule has 4 rings (SSSR count). The van der Waals surface area contributed by atoms with Gasteiger partial charge in [0.1, 0.15) is 18.1 Å². The number of esters is 1. The summed E-state index contributed by atoms with van der Waals surface area (Å²) < 4.78 is 22.2. The minimum absolute atomic E-state index is 0.121. The molecule has 4 aromatic rings. The van der Waals surface area contributed by atoms with E-state index in [9.17, 15) is 4.79 Å². The van der Waals surface area contributed by atoms with Gasteiger partial charge in [0.15, 0.2) is 6.61 Å². The van der Waals surface area contributed by atoms with E-state index in [0.717, 1.165) is 27.1 Å². The molecule has 158 valence electrons. The first kappa shape index (κ1) is 20.8. The lowest BCUT2D eigenvalue weighted by Gasteiger charge is -2.07. The molecule has 9 heteroatoms. The topological polar surface area (TPSA) is 100 Å². The summed E-state index contributed by atoms with van der Waals surface area (Å²) in [4.78, 5) is 16.6. The van der Waals surface area contributed by atoms with Crippen LogP contribution in [0.3, 0.4) is 0 Å². The molecule has 0 saturated heterocycles. The van der Waals surface area contributed by atoms with Crippen molar-refractivity contribution in [2.45, 2.75) is 27.1 Å². The summed E-state index contributed by atoms with van der Waals surface area (Å²) in [6.07, 6.45) is 0. The van der Waals surface area contributed by atoms with Crippen LogP contribution in [-0.2, 0) is 18.0 Å². The molecule has 0 spiro atoms. The molecular formula is C22H18BrN3O5. The summed E-state index contributed by atoms with van der Waals surface area (Å²) in [5, 5.41) is 7.82. The fraction of sp³-hybridized carbons (Fsp3) is 0.182. The van der Waals surface area contributed by atoms with Crippen molar-refractivity contribution < 1.29 is 23.3 Å². The van der Waals surface area contributed by atoms with Gasteiger partial charge in [0.25, 0.3) is 5.89 Å². The van der Waals surface area contributed by atoms with Crippen LogP contribution in [0.1, 0.15) is 33.3 Å². The summed E-state index contributed by atoms with van der Waals surface area (Å²) >= 11 is 3.40. The Morgan fingerprint density at radius 3 is 2.55 bits per heavy atom. The van der Waals surface area contributed by atoms with Gasteiger partial charge in [0, 0.05) is 10.0 Å². The Hall–Kier alpha value is -3.46. The van der Waals surface area contributed by atoms with Crippen LogP contribution in [0.15, 0.2) is 62.0 Å². The van der Waals surface area contributed by atoms with Crippen LogP contribution < -0.4 is 4.74 Å². The molecule has 0 bridgehead atoms. The minimum Gasteiger partial charge on any atom is -0.489 e. The number of aromatic nitrogens is 3. The number of hydrogen-bond donors (Lipinski definition) is 0. The van der Waals surface area contributed by atoms with E-state index in [-0.39, 0.29) is 12.5 Å². The molecule has 0 aliphatic carbocycles. The number of halogens is 1. The predicted molar refractivity (Wildman–Crippen MR) is 113 cm³/mol. The third kappa shape index (κ3) is 5.00. The Labute approximate surface area is 186 Å². The maximum absolute atomic E-state index is 12.3. The molecule has 0 radical (unpaired) electrons. The molecule has 0 fully saturated rings. The number of rotatable bonds is 7. The molecule has 2 heterocycles. The van der Waals surface area contributed by atoms with E-state index < -0.39 is 5.97 Å². The molecule has 0 aliphatic heterocycles. The van der Waals surface area contributed by atoms with Crippen molar-refractivity contribution in [3.05, 3.63) is 81.5 Å². The van der Waals surface area contributed by atoms with Gasteiger partial charge in [0.2, 0.25) is 5.82 Å². The summed E-state index contributed by atoms with van der Waals surface area (Å²) in [6, 6.07) is 14.2. The SMILES string of the molecule is Cc1noc(C)c1COc1ccc(C(=O)OCc2nc(-c3cccc(Br)c3)no2)cc1. The van der Waals surface area contributed by atoms with Crippen molar-refractivity contribution in [1.29, 1.82) is 0 Å². The van der Waals surface area contributed by atoms with Gasteiger partial charge in [-0.05, 0) is 50.2 Å². The third-order valence-electron chi connectivity index (χ3n) is 4.53. The number of hydrogen-bond acceptors (Lipinski definition) is 8. The highest BCUT2D eigenvalue weighted by molar-refractivity contribution is 9.10. The monoisotopic (exact) mass is 483 g/mol. The van der Waals surface area contributed by atoms with Gasteiger partial charge in [-0.15, -0.1) is 0 Å². The Balaban J connectivity index is 1.32. The lowest BCUT2D eigenvalue weighted by atomic mass is 10.2. The first-order valence-corrected chi connectivity index (χ1v) is 10.2. The predicted octanol–water partition coefficient (Wildman–Crippen LogP) is 5.04. The zero-order chi connectivity index (χ0) is 21.8. The minimum atomic E-state index is -0.500. The molecule has 31 heavy (non-hydrogen) atoms. The molecule has 2 aromatic heterocycles. The van der Waals surface area contributed by atoms with Gasteiger partial charge in [0.05, 0.1) is 16.8 Å². The van der Waals surface area contributed by atoms with Gasteiger partial charge in [-0.25, -0.2) is 4.79 Å². The molecule has 0 saturated carbocycles. The number of carbonyl (C=O) groups is 1. The van der Waals surface area contributed by atoms with Crippen molar-refractivity contribution in [2.24, 2.45) is 0 Å². The van der Waals surface area contributed by atoms with Gasteiger partial charge >= 0.3 is 5.97 Å². The van der Waals surface area contributed by atoms with Gasteiger partial charge in [-0.2, -0.15) is 4.98 Å². The van der Waals surface area contributed by atoms with Crippen molar-refractivity contribution >= 4 is 21.9 Å². The largest absolute Gasteiger partial charge is 0.489 e. The first-order valence-electron chi connectivity index (χ1n) is 9.40. The first-order chi connectivity index (χ1) is 15.0. The number of nitrogens with zero attached hydrogens (tertiary/aromatic N) is 3. The van der Waals surface area contributed by atoms with Crippen LogP contribution in [0.4, 0.5) is 0 Å². The summed E-state index contributed by atoms with van der Waals surface area (Å²) in [7, 11) is 0. The zero-order valence-corrected chi connectivity index (χ0v) is 18.4. The molecule has 0 aliphatic rings. The average molecular weight is 484 g/mol. The van der Waals surface area contributed by atoms with E-state index >= 15 is 0 Å². The fourth-order valence-corrected chi connectivity index (χ4v) is 3.22. The van der Waals surface area contributed by atoms with Crippen LogP contribution in [0.25, 0.3) is 11.4 Å². The number of ether oxygens (including phenoxy) is 2. The Bertz CT molecular complexity index is 1180. The summed E-state index contributed by atoms with van der Waals surface area (Å²) in [6.45, 7) is 3.91. The third-order valence-corrected chi connectivity index (χ3v) is 5.03. The van der Waals surface area contributed by atoms with E-state index in [0.29, 0.717) is 23.7 Å². The Morgan fingerprint density at radius 2 is 1.84 bits per heavy atom. The van der Waals surface area contributed by atoms with E-state index in [2.05, 4.69) is 31.2 Å². The summed E-state index contributed by atoms with van der Waals surface area (Å²) in [5.41, 5.74) is 2.88. The standard InChI is InChI=1S/C22H18BrN3O5/c1-13-19(14(2)30-25-13)11-28-18-8-6-15(7-9-18)22(27)29-12-20-24-21(26-31-20)16-4-3-5-17(23)10-16/h3-10H,11-12H2,1-2H3. The molecule has 0 amide bonds.